The van der Waals surface area contributed by atoms with E-state index in [1.165, 1.54) is 38.1 Å². The van der Waals surface area contributed by atoms with Gasteiger partial charge in [0.1, 0.15) is 11.5 Å². The lowest BCUT2D eigenvalue weighted by atomic mass is 9.44. The maximum atomic E-state index is 14.2. The first-order valence-corrected chi connectivity index (χ1v) is 13.5. The number of fused-ring (bicyclic) bond motifs is 3. The van der Waals surface area contributed by atoms with Crippen molar-refractivity contribution in [3.05, 3.63) is 58.7 Å². The Morgan fingerprint density at radius 1 is 0.976 bits per heavy atom. The summed E-state index contributed by atoms with van der Waals surface area (Å²) < 4.78 is 0. The van der Waals surface area contributed by atoms with Gasteiger partial charge in [0.05, 0.1) is 29.5 Å². The Balaban J connectivity index is 1.67. The van der Waals surface area contributed by atoms with Gasteiger partial charge in [-0.3, -0.25) is 28.9 Å². The number of primary amides is 1. The Hall–Kier alpha value is -4.19. The van der Waals surface area contributed by atoms with Crippen LogP contribution < -0.4 is 5.73 Å². The van der Waals surface area contributed by atoms with E-state index in [4.69, 9.17) is 5.73 Å². The molecule has 8 atom stereocenters. The van der Waals surface area contributed by atoms with E-state index >= 15 is 0 Å². The van der Waals surface area contributed by atoms with E-state index in [0.717, 1.165) is 0 Å². The number of benzene rings is 2. The Labute approximate surface area is 241 Å². The predicted octanol–water partition coefficient (Wildman–Crippen LogP) is 0.665. The van der Waals surface area contributed by atoms with Gasteiger partial charge in [-0.05, 0) is 43.3 Å². The highest BCUT2D eigenvalue weighted by molar-refractivity contribution is 6.32. The number of nitrogens with zero attached hydrogens (tertiary/aromatic N) is 1. The third-order valence-corrected chi connectivity index (χ3v) is 9.61. The largest absolute Gasteiger partial charge is 0.508 e. The fourth-order valence-electron chi connectivity index (χ4n) is 7.22. The molecule has 0 aliphatic heterocycles. The molecule has 11 heteroatoms. The Morgan fingerprint density at radius 3 is 2.17 bits per heavy atom. The topological polar surface area (TPSA) is 196 Å². The average molecular weight is 577 g/mol. The van der Waals surface area contributed by atoms with Crippen molar-refractivity contribution < 1.29 is 44.4 Å². The minimum absolute atomic E-state index is 0.0782. The molecule has 2 aromatic rings. The lowest BCUT2D eigenvalue weighted by Gasteiger charge is -2.60. The van der Waals surface area contributed by atoms with Gasteiger partial charge in [0, 0.05) is 11.0 Å². The molecule has 2 unspecified atom stereocenters. The Bertz CT molecular complexity index is 1580. The van der Waals surface area contributed by atoms with Crippen LogP contribution in [-0.4, -0.2) is 86.2 Å². The molecule has 3 aliphatic rings. The monoisotopic (exact) mass is 576 g/mol. The van der Waals surface area contributed by atoms with Gasteiger partial charge in [-0.1, -0.05) is 50.3 Å². The number of amides is 1. The fourth-order valence-corrected chi connectivity index (χ4v) is 7.22. The molecule has 2 fully saturated rings. The van der Waals surface area contributed by atoms with Crippen molar-refractivity contribution in [1.29, 1.82) is 0 Å². The quantitative estimate of drug-likeness (QED) is 0.255. The molecule has 2 saturated carbocycles. The van der Waals surface area contributed by atoms with E-state index in [0.29, 0.717) is 11.1 Å². The van der Waals surface area contributed by atoms with E-state index in [1.54, 1.807) is 43.3 Å². The SMILES string of the molecule is C[C@@H]1c2ccc(C=Cc3ccc(O)cc3)c(O)c2C(=O)C2C(=O)[C@@]3(O)C(=O)C(C(N)=O)C(=O)[C@H](N(C)C)[C@H]3[C@H](O)[C@]21C. The molecular weight excluding hydrogens is 544 g/mol. The zero-order chi connectivity index (χ0) is 31.0. The lowest BCUT2D eigenvalue weighted by Crippen LogP contribution is -2.79. The number of hydrogen-bond donors (Lipinski definition) is 5. The molecule has 0 spiro atoms. The number of carbonyl (C=O) groups excluding carboxylic acids is 5. The summed E-state index contributed by atoms with van der Waals surface area (Å²) in [6, 6.07) is 8.01. The molecular formula is C31H32N2O9. The molecule has 6 N–H and O–H groups in total. The van der Waals surface area contributed by atoms with Crippen molar-refractivity contribution in [2.24, 2.45) is 28.9 Å². The van der Waals surface area contributed by atoms with Gasteiger partial charge in [-0.2, -0.15) is 0 Å². The number of carbonyl (C=O) groups is 5. The highest BCUT2D eigenvalue weighted by Crippen LogP contribution is 2.61. The second-order valence-corrected chi connectivity index (χ2v) is 11.9. The van der Waals surface area contributed by atoms with Crippen LogP contribution in [0.5, 0.6) is 11.5 Å². The number of nitrogens with two attached hydrogens (primary N) is 1. The first-order valence-electron chi connectivity index (χ1n) is 13.5. The van der Waals surface area contributed by atoms with Crippen molar-refractivity contribution in [3.63, 3.8) is 0 Å². The second-order valence-electron chi connectivity index (χ2n) is 11.9. The van der Waals surface area contributed by atoms with E-state index in [2.05, 4.69) is 0 Å². The Kier molecular flexibility index (Phi) is 6.76. The molecule has 3 aliphatic carbocycles. The molecule has 0 saturated heterocycles. The number of Topliss-reactive ketones (excluding diaryl/α,β-unsaturated/α-hetero) is 4. The van der Waals surface area contributed by atoms with Crippen molar-refractivity contribution in [1.82, 2.24) is 4.90 Å². The van der Waals surface area contributed by atoms with Crippen LogP contribution in [0.3, 0.4) is 0 Å². The standard InChI is InChI=1S/C31H32N2O9/c1-13-17-12-9-15(8-5-14-6-10-16(34)11-7-14)23(35)18(17)24(36)21-28(40)31(42)20(27(39)30(13,21)2)22(33(3)4)25(37)19(26(31)38)29(32)41/h5-13,19-22,27,34-35,39,42H,1-4H3,(H2,32,41)/t13-,19?,20+,21?,22-,27+,30+,31+/m1/s1. The summed E-state index contributed by atoms with van der Waals surface area (Å²) in [6.45, 7) is 3.15. The number of ketones is 4. The smallest absolute Gasteiger partial charge is 0.235 e. The number of phenols is 2. The van der Waals surface area contributed by atoms with Crippen LogP contribution in [0.1, 0.15) is 46.8 Å². The number of aliphatic hydroxyl groups excluding tert-OH is 1. The first kappa shape index (κ1) is 29.3. The summed E-state index contributed by atoms with van der Waals surface area (Å²) in [5.41, 5.74) is 1.79. The van der Waals surface area contributed by atoms with Crippen LogP contribution in [0.25, 0.3) is 12.2 Å². The van der Waals surface area contributed by atoms with Crippen molar-refractivity contribution >= 4 is 41.2 Å². The van der Waals surface area contributed by atoms with E-state index in [9.17, 15) is 44.4 Å². The van der Waals surface area contributed by atoms with Gasteiger partial charge in [0.15, 0.2) is 34.7 Å². The van der Waals surface area contributed by atoms with Crippen molar-refractivity contribution in [2.75, 3.05) is 14.1 Å². The summed E-state index contributed by atoms with van der Waals surface area (Å²) in [6.07, 6.45) is 1.46. The van der Waals surface area contributed by atoms with Gasteiger partial charge in [-0.15, -0.1) is 0 Å². The average Bonchev–Trinajstić information content (AvgIpc) is 2.92. The lowest BCUT2D eigenvalue weighted by molar-refractivity contribution is -0.208. The maximum Gasteiger partial charge on any atom is 0.235 e. The van der Waals surface area contributed by atoms with Crippen molar-refractivity contribution in [3.8, 4) is 11.5 Å². The molecule has 0 aromatic heterocycles. The molecule has 1 amide bonds. The molecule has 5 rings (SSSR count). The number of likely N-dealkylation sites (N-methyl/N-ethyl adjacent to an activating group) is 1. The normalized spacial score (nSPS) is 34.4. The Morgan fingerprint density at radius 2 is 1.60 bits per heavy atom. The summed E-state index contributed by atoms with van der Waals surface area (Å²) >= 11 is 0. The maximum absolute atomic E-state index is 14.2. The molecule has 42 heavy (non-hydrogen) atoms. The van der Waals surface area contributed by atoms with Crippen LogP contribution in [0.15, 0.2) is 36.4 Å². The summed E-state index contributed by atoms with van der Waals surface area (Å²) in [4.78, 5) is 68.7. The zero-order valence-corrected chi connectivity index (χ0v) is 23.4. The third-order valence-electron chi connectivity index (χ3n) is 9.61. The highest BCUT2D eigenvalue weighted by Gasteiger charge is 2.76. The number of aromatic hydroxyl groups is 2. The van der Waals surface area contributed by atoms with Crippen LogP contribution in [0.2, 0.25) is 0 Å². The molecule has 0 heterocycles. The predicted molar refractivity (Wildman–Crippen MR) is 149 cm³/mol. The van der Waals surface area contributed by atoms with Crippen LogP contribution in [0.4, 0.5) is 0 Å². The first-order chi connectivity index (χ1) is 19.6. The fraction of sp³-hybridized carbons (Fsp3) is 0.387. The summed E-state index contributed by atoms with van der Waals surface area (Å²) in [7, 11) is 2.89. The minimum Gasteiger partial charge on any atom is -0.508 e. The van der Waals surface area contributed by atoms with E-state index in [1.807, 2.05) is 0 Å². The minimum atomic E-state index is -3.06. The number of phenolic OH excluding ortho intramolecular Hbond substituents is 2. The molecule has 0 radical (unpaired) electrons. The summed E-state index contributed by atoms with van der Waals surface area (Å²) in [5.74, 6) is -12.6. The summed E-state index contributed by atoms with van der Waals surface area (Å²) in [5, 5.41) is 44.5. The molecule has 11 nitrogen and oxygen atoms in total. The van der Waals surface area contributed by atoms with Gasteiger partial charge in [0.2, 0.25) is 5.91 Å². The second kappa shape index (κ2) is 9.69. The van der Waals surface area contributed by atoms with Crippen LogP contribution in [-0.2, 0) is 19.2 Å². The third kappa shape index (κ3) is 3.73. The zero-order valence-electron chi connectivity index (χ0n) is 23.4. The van der Waals surface area contributed by atoms with Crippen molar-refractivity contribution in [2.45, 2.75) is 37.5 Å². The van der Waals surface area contributed by atoms with E-state index in [-0.39, 0.29) is 16.9 Å². The molecule has 2 aromatic carbocycles. The number of aliphatic hydroxyl groups is 2. The number of rotatable bonds is 4. The van der Waals surface area contributed by atoms with Gasteiger partial charge in [0.25, 0.3) is 0 Å². The molecule has 220 valence electrons. The van der Waals surface area contributed by atoms with Gasteiger partial charge in [-0.25, -0.2) is 0 Å². The highest BCUT2D eigenvalue weighted by atomic mass is 16.3. The van der Waals surface area contributed by atoms with Gasteiger partial charge >= 0.3 is 0 Å². The van der Waals surface area contributed by atoms with Crippen LogP contribution >= 0.6 is 0 Å². The molecule has 0 bridgehead atoms. The van der Waals surface area contributed by atoms with Crippen LogP contribution in [0, 0.1) is 23.2 Å². The van der Waals surface area contributed by atoms with Gasteiger partial charge < -0.3 is 26.2 Å². The van der Waals surface area contributed by atoms with E-state index < -0.39 is 81.6 Å². The number of hydrogen-bond acceptors (Lipinski definition) is 10.